The van der Waals surface area contributed by atoms with Crippen molar-refractivity contribution in [2.24, 2.45) is 5.41 Å². The van der Waals surface area contributed by atoms with Crippen LogP contribution in [0.15, 0.2) is 53.8 Å². The first kappa shape index (κ1) is 26.4. The number of aliphatic carboxylic acids is 1. The summed E-state index contributed by atoms with van der Waals surface area (Å²) >= 11 is 1.73. The molecule has 0 spiro atoms. The standard InChI is InChI=1S/C28H34FN3O3S/c1-20-19-31-24-7-6-21(35-2)17-22(24)27(20)23(29)8-9-28(18-26(33)34)10-13-32(14-11-28)15-16-36-25-5-3-4-12-30-25/h3-7,12,17,19,23H,8-11,13-16,18H2,1-2H3,(H,33,34). The Morgan fingerprint density at radius 2 is 2.06 bits per heavy atom. The van der Waals surface area contributed by atoms with Crippen molar-refractivity contribution < 1.29 is 19.0 Å². The third-order valence-corrected chi connectivity index (χ3v) is 8.22. The van der Waals surface area contributed by atoms with E-state index < -0.39 is 12.1 Å². The maximum absolute atomic E-state index is 15.8. The zero-order valence-corrected chi connectivity index (χ0v) is 21.8. The van der Waals surface area contributed by atoms with Gasteiger partial charge in [-0.15, -0.1) is 11.8 Å². The number of pyridine rings is 2. The SMILES string of the molecule is COc1ccc2ncc(C)c(C(F)CCC3(CC(=O)O)CCN(CCSc4ccccn4)CC3)c2c1. The summed E-state index contributed by atoms with van der Waals surface area (Å²) in [5.74, 6) is 0.798. The minimum Gasteiger partial charge on any atom is -0.497 e. The van der Waals surface area contributed by atoms with Crippen molar-refractivity contribution in [2.75, 3.05) is 32.5 Å². The molecule has 1 saturated heterocycles. The Morgan fingerprint density at radius 1 is 1.25 bits per heavy atom. The Balaban J connectivity index is 1.39. The number of methoxy groups -OCH3 is 1. The van der Waals surface area contributed by atoms with Gasteiger partial charge in [0, 0.05) is 30.1 Å². The normalized spacial score (nSPS) is 16.6. The molecule has 3 aromatic rings. The van der Waals surface area contributed by atoms with Crippen molar-refractivity contribution in [3.8, 4) is 5.75 Å². The summed E-state index contributed by atoms with van der Waals surface area (Å²) in [4.78, 5) is 22.9. The lowest BCUT2D eigenvalue weighted by molar-refractivity contribution is -0.141. The van der Waals surface area contributed by atoms with Gasteiger partial charge in [0.05, 0.1) is 24.1 Å². The number of ether oxygens (including phenoxy) is 1. The van der Waals surface area contributed by atoms with Gasteiger partial charge in [-0.2, -0.15) is 0 Å². The number of fused-ring (bicyclic) bond motifs is 1. The van der Waals surface area contributed by atoms with Crippen LogP contribution in [0, 0.1) is 12.3 Å². The number of benzene rings is 1. The lowest BCUT2D eigenvalue weighted by Crippen LogP contribution is -2.42. The van der Waals surface area contributed by atoms with Crippen molar-refractivity contribution in [1.29, 1.82) is 0 Å². The quantitative estimate of drug-likeness (QED) is 0.312. The van der Waals surface area contributed by atoms with E-state index in [0.29, 0.717) is 24.2 Å². The molecular weight excluding hydrogens is 477 g/mol. The Kier molecular flexibility index (Phi) is 8.80. The molecule has 0 saturated carbocycles. The van der Waals surface area contributed by atoms with Gasteiger partial charge in [-0.25, -0.2) is 9.37 Å². The molecule has 1 aromatic carbocycles. The van der Waals surface area contributed by atoms with Gasteiger partial charge in [0.2, 0.25) is 0 Å². The minimum atomic E-state index is -1.19. The van der Waals surface area contributed by atoms with Crippen LogP contribution in [0.25, 0.3) is 10.9 Å². The summed E-state index contributed by atoms with van der Waals surface area (Å²) in [6, 6.07) is 11.4. The number of aromatic nitrogens is 2. The molecule has 6 nitrogen and oxygen atoms in total. The Hall–Kier alpha value is -2.71. The van der Waals surface area contributed by atoms with Crippen LogP contribution in [-0.2, 0) is 4.79 Å². The van der Waals surface area contributed by atoms with Crippen molar-refractivity contribution >= 4 is 28.6 Å². The molecule has 0 bridgehead atoms. The van der Waals surface area contributed by atoms with E-state index >= 15 is 4.39 Å². The van der Waals surface area contributed by atoms with Gasteiger partial charge in [-0.3, -0.25) is 9.78 Å². The van der Waals surface area contributed by atoms with Crippen LogP contribution in [-0.4, -0.2) is 58.4 Å². The number of hydrogen-bond acceptors (Lipinski definition) is 6. The minimum absolute atomic E-state index is 0.0835. The number of rotatable bonds is 11. The molecule has 1 N–H and O–H groups in total. The number of carbonyl (C=O) groups is 1. The summed E-state index contributed by atoms with van der Waals surface area (Å²) in [6.07, 6.45) is 4.78. The highest BCUT2D eigenvalue weighted by atomic mass is 32.2. The van der Waals surface area contributed by atoms with E-state index in [-0.39, 0.29) is 11.8 Å². The van der Waals surface area contributed by atoms with E-state index in [1.807, 2.05) is 43.3 Å². The molecule has 1 unspecified atom stereocenters. The molecule has 192 valence electrons. The number of alkyl halides is 1. The molecule has 0 aliphatic carbocycles. The first-order valence-corrected chi connectivity index (χ1v) is 13.4. The van der Waals surface area contributed by atoms with Crippen LogP contribution in [0.1, 0.15) is 49.4 Å². The largest absolute Gasteiger partial charge is 0.497 e. The van der Waals surface area contributed by atoms with Crippen molar-refractivity contribution in [2.45, 2.75) is 50.2 Å². The number of halogens is 1. The Morgan fingerprint density at radius 3 is 2.75 bits per heavy atom. The van der Waals surface area contributed by atoms with E-state index in [2.05, 4.69) is 14.9 Å². The van der Waals surface area contributed by atoms with E-state index in [4.69, 9.17) is 4.74 Å². The fourth-order valence-corrected chi connectivity index (χ4v) is 6.08. The van der Waals surface area contributed by atoms with Gasteiger partial charge in [0.15, 0.2) is 0 Å². The number of nitrogens with zero attached hydrogens (tertiary/aromatic N) is 3. The molecule has 1 aliphatic heterocycles. The predicted octanol–water partition coefficient (Wildman–Crippen LogP) is 6.09. The zero-order valence-electron chi connectivity index (χ0n) is 21.0. The van der Waals surface area contributed by atoms with Gasteiger partial charge in [-0.1, -0.05) is 6.07 Å². The molecule has 8 heteroatoms. The lowest BCUT2D eigenvalue weighted by atomic mass is 9.71. The topological polar surface area (TPSA) is 75.6 Å². The first-order valence-electron chi connectivity index (χ1n) is 12.4. The third-order valence-electron chi connectivity index (χ3n) is 7.30. The van der Waals surface area contributed by atoms with Crippen LogP contribution < -0.4 is 4.74 Å². The fourth-order valence-electron chi connectivity index (χ4n) is 5.21. The maximum atomic E-state index is 15.8. The molecule has 1 fully saturated rings. The summed E-state index contributed by atoms with van der Waals surface area (Å²) in [7, 11) is 1.59. The molecular formula is C28H34FN3O3S. The molecule has 4 rings (SSSR count). The van der Waals surface area contributed by atoms with Crippen LogP contribution in [0.5, 0.6) is 5.75 Å². The third kappa shape index (κ3) is 6.53. The average molecular weight is 512 g/mol. The number of thioether (sulfide) groups is 1. The van der Waals surface area contributed by atoms with Gasteiger partial charge < -0.3 is 14.7 Å². The van der Waals surface area contributed by atoms with Crippen LogP contribution in [0.3, 0.4) is 0 Å². The number of carboxylic acids is 1. The second-order valence-electron chi connectivity index (χ2n) is 9.67. The lowest BCUT2D eigenvalue weighted by Gasteiger charge is -2.41. The highest BCUT2D eigenvalue weighted by Crippen LogP contribution is 2.43. The second kappa shape index (κ2) is 12.0. The van der Waals surface area contributed by atoms with Crippen LogP contribution >= 0.6 is 11.8 Å². The Bertz CT molecular complexity index is 1170. The van der Waals surface area contributed by atoms with Gasteiger partial charge in [0.25, 0.3) is 0 Å². The molecule has 0 amide bonds. The predicted molar refractivity (Wildman–Crippen MR) is 141 cm³/mol. The number of carboxylic acid groups (broad SMARTS) is 1. The van der Waals surface area contributed by atoms with Gasteiger partial charge in [-0.05, 0) is 92.6 Å². The molecule has 2 aromatic heterocycles. The average Bonchev–Trinajstić information content (AvgIpc) is 2.88. The number of hydrogen-bond donors (Lipinski definition) is 1. The van der Waals surface area contributed by atoms with Crippen LogP contribution in [0.4, 0.5) is 4.39 Å². The van der Waals surface area contributed by atoms with Crippen molar-refractivity contribution in [3.05, 3.63) is 59.9 Å². The highest BCUT2D eigenvalue weighted by molar-refractivity contribution is 7.99. The fraction of sp³-hybridized carbons (Fsp3) is 0.464. The molecule has 0 radical (unpaired) electrons. The molecule has 1 aliphatic rings. The first-order chi connectivity index (χ1) is 17.4. The van der Waals surface area contributed by atoms with Crippen molar-refractivity contribution in [3.63, 3.8) is 0 Å². The van der Waals surface area contributed by atoms with E-state index in [0.717, 1.165) is 59.7 Å². The summed E-state index contributed by atoms with van der Waals surface area (Å²) in [6.45, 7) is 4.48. The zero-order chi connectivity index (χ0) is 25.5. The summed E-state index contributed by atoms with van der Waals surface area (Å²) in [5.41, 5.74) is 1.79. The molecule has 3 heterocycles. The summed E-state index contributed by atoms with van der Waals surface area (Å²) in [5, 5.41) is 11.4. The second-order valence-corrected chi connectivity index (χ2v) is 10.8. The van der Waals surface area contributed by atoms with E-state index in [9.17, 15) is 9.90 Å². The van der Waals surface area contributed by atoms with E-state index in [1.165, 1.54) is 0 Å². The van der Waals surface area contributed by atoms with E-state index in [1.54, 1.807) is 31.3 Å². The van der Waals surface area contributed by atoms with Crippen molar-refractivity contribution in [1.82, 2.24) is 14.9 Å². The van der Waals surface area contributed by atoms with Gasteiger partial charge >= 0.3 is 5.97 Å². The smallest absolute Gasteiger partial charge is 0.303 e. The maximum Gasteiger partial charge on any atom is 0.303 e. The highest BCUT2D eigenvalue weighted by Gasteiger charge is 2.37. The number of likely N-dealkylation sites (tertiary alicyclic amines) is 1. The van der Waals surface area contributed by atoms with Gasteiger partial charge in [0.1, 0.15) is 11.9 Å². The molecule has 36 heavy (non-hydrogen) atoms. The van der Waals surface area contributed by atoms with Crippen LogP contribution in [0.2, 0.25) is 0 Å². The number of piperidine rings is 1. The summed E-state index contributed by atoms with van der Waals surface area (Å²) < 4.78 is 21.1. The number of aryl methyl sites for hydroxylation is 1. The molecule has 1 atom stereocenters. The monoisotopic (exact) mass is 511 g/mol. The Labute approximate surface area is 216 Å².